The smallest absolute Gasteiger partial charge is 0.407 e. The lowest BCUT2D eigenvalue weighted by atomic mass is 10.2. The molecule has 1 aromatic rings. The first-order chi connectivity index (χ1) is 10.8. The Balaban J connectivity index is 1.95. The van der Waals surface area contributed by atoms with E-state index in [4.69, 9.17) is 9.84 Å². The molecule has 1 aliphatic heterocycles. The molecule has 1 saturated heterocycles. The van der Waals surface area contributed by atoms with Gasteiger partial charge in [-0.2, -0.15) is 0 Å². The van der Waals surface area contributed by atoms with Crippen LogP contribution in [0.25, 0.3) is 0 Å². The Kier molecular flexibility index (Phi) is 5.02. The van der Waals surface area contributed by atoms with E-state index < -0.39 is 17.7 Å². The number of carbonyl (C=O) groups excluding carboxylic acids is 1. The number of hydrogen-bond acceptors (Lipinski definition) is 6. The van der Waals surface area contributed by atoms with Crippen LogP contribution in [0.15, 0.2) is 12.4 Å². The van der Waals surface area contributed by atoms with Crippen LogP contribution in [0, 0.1) is 0 Å². The maximum Gasteiger partial charge on any atom is 0.407 e. The number of aromatic carboxylic acids is 1. The minimum absolute atomic E-state index is 0.0867. The second-order valence-corrected chi connectivity index (χ2v) is 6.44. The maximum atomic E-state index is 11.7. The molecule has 8 heteroatoms. The second kappa shape index (κ2) is 6.80. The van der Waals surface area contributed by atoms with Gasteiger partial charge in [0.2, 0.25) is 0 Å². The van der Waals surface area contributed by atoms with Gasteiger partial charge < -0.3 is 20.1 Å². The highest BCUT2D eigenvalue weighted by Gasteiger charge is 2.27. The molecule has 0 saturated carbocycles. The molecular formula is C15H22N4O4. The van der Waals surface area contributed by atoms with E-state index in [0.717, 1.165) is 19.4 Å². The van der Waals surface area contributed by atoms with Crippen molar-refractivity contribution in [3.05, 3.63) is 18.1 Å². The van der Waals surface area contributed by atoms with E-state index >= 15 is 0 Å². The highest BCUT2D eigenvalue weighted by Crippen LogP contribution is 2.22. The van der Waals surface area contributed by atoms with Gasteiger partial charge in [-0.05, 0) is 33.6 Å². The monoisotopic (exact) mass is 322 g/mol. The Labute approximate surface area is 134 Å². The number of carboxylic acid groups (broad SMARTS) is 1. The molecular weight excluding hydrogens is 300 g/mol. The van der Waals surface area contributed by atoms with E-state index in [-0.39, 0.29) is 11.7 Å². The Hall–Kier alpha value is -2.38. The predicted octanol–water partition coefficient (Wildman–Crippen LogP) is 1.67. The number of rotatable bonds is 4. The van der Waals surface area contributed by atoms with Crippen LogP contribution < -0.4 is 10.2 Å². The molecule has 2 heterocycles. The van der Waals surface area contributed by atoms with Crippen molar-refractivity contribution in [2.45, 2.75) is 45.3 Å². The van der Waals surface area contributed by atoms with E-state index in [1.165, 1.54) is 12.4 Å². The van der Waals surface area contributed by atoms with Gasteiger partial charge in [-0.25, -0.2) is 19.6 Å². The number of carbonyl (C=O) groups is 2. The van der Waals surface area contributed by atoms with Gasteiger partial charge in [-0.3, -0.25) is 0 Å². The van der Waals surface area contributed by atoms with Gasteiger partial charge in [0.25, 0.3) is 0 Å². The lowest BCUT2D eigenvalue weighted by Crippen LogP contribution is -2.42. The zero-order chi connectivity index (χ0) is 17.0. The van der Waals surface area contributed by atoms with Gasteiger partial charge >= 0.3 is 12.1 Å². The van der Waals surface area contributed by atoms with Crippen molar-refractivity contribution in [2.75, 3.05) is 18.0 Å². The molecule has 1 amide bonds. The van der Waals surface area contributed by atoms with E-state index in [0.29, 0.717) is 12.4 Å². The standard InChI is InChI=1S/C15H22N4O4/c1-15(2,3)23-14(22)18-7-10-5-4-6-19(10)12-9-16-11(8-17-12)13(20)21/h8-10H,4-7H2,1-3H3,(H,18,22)(H,20,21). The van der Waals surface area contributed by atoms with Crippen molar-refractivity contribution >= 4 is 17.9 Å². The van der Waals surface area contributed by atoms with E-state index in [9.17, 15) is 9.59 Å². The number of ether oxygens (including phenoxy) is 1. The third kappa shape index (κ3) is 4.80. The largest absolute Gasteiger partial charge is 0.476 e. The van der Waals surface area contributed by atoms with Crippen LogP contribution in [-0.4, -0.2) is 51.9 Å². The molecule has 126 valence electrons. The fourth-order valence-corrected chi connectivity index (χ4v) is 2.44. The number of hydrogen-bond donors (Lipinski definition) is 2. The highest BCUT2D eigenvalue weighted by molar-refractivity contribution is 5.84. The van der Waals surface area contributed by atoms with Gasteiger partial charge in [0, 0.05) is 19.1 Å². The summed E-state index contributed by atoms with van der Waals surface area (Å²) >= 11 is 0. The zero-order valence-corrected chi connectivity index (χ0v) is 13.6. The lowest BCUT2D eigenvalue weighted by molar-refractivity contribution is 0.0524. The molecule has 0 aliphatic carbocycles. The minimum Gasteiger partial charge on any atom is -0.476 e. The van der Waals surface area contributed by atoms with Gasteiger partial charge in [-0.15, -0.1) is 0 Å². The molecule has 1 unspecified atom stereocenters. The van der Waals surface area contributed by atoms with Crippen LogP contribution in [0.5, 0.6) is 0 Å². The summed E-state index contributed by atoms with van der Waals surface area (Å²) in [6, 6.07) is 0.0903. The molecule has 8 nitrogen and oxygen atoms in total. The van der Waals surface area contributed by atoms with Gasteiger partial charge in [0.05, 0.1) is 12.4 Å². The van der Waals surface area contributed by atoms with E-state index in [1.54, 1.807) is 0 Å². The second-order valence-electron chi connectivity index (χ2n) is 6.44. The molecule has 2 rings (SSSR count). The number of nitrogens with zero attached hydrogens (tertiary/aromatic N) is 3. The van der Waals surface area contributed by atoms with Crippen LogP contribution in [-0.2, 0) is 4.74 Å². The average Bonchev–Trinajstić information content (AvgIpc) is 2.92. The van der Waals surface area contributed by atoms with Crippen LogP contribution in [0.1, 0.15) is 44.1 Å². The highest BCUT2D eigenvalue weighted by atomic mass is 16.6. The molecule has 1 fully saturated rings. The number of anilines is 1. The summed E-state index contributed by atoms with van der Waals surface area (Å²) in [6.07, 6.45) is 4.14. The SMILES string of the molecule is CC(C)(C)OC(=O)NCC1CCCN1c1cnc(C(=O)O)cn1. The molecule has 1 aromatic heterocycles. The van der Waals surface area contributed by atoms with Gasteiger partial charge in [-0.1, -0.05) is 0 Å². The van der Waals surface area contributed by atoms with E-state index in [2.05, 4.69) is 15.3 Å². The van der Waals surface area contributed by atoms with E-state index in [1.807, 2.05) is 25.7 Å². The Morgan fingerprint density at radius 2 is 2.13 bits per heavy atom. The molecule has 0 radical (unpaired) electrons. The van der Waals surface area contributed by atoms with Crippen molar-refractivity contribution in [3.8, 4) is 0 Å². The van der Waals surface area contributed by atoms with Crippen LogP contribution in [0.4, 0.5) is 10.6 Å². The molecule has 0 bridgehead atoms. The summed E-state index contributed by atoms with van der Waals surface area (Å²) in [5, 5.41) is 11.6. The quantitative estimate of drug-likeness (QED) is 0.868. The molecule has 1 aliphatic rings. The summed E-state index contributed by atoms with van der Waals surface area (Å²) in [6.45, 7) is 6.68. The fraction of sp³-hybridized carbons (Fsp3) is 0.600. The Morgan fingerprint density at radius 3 is 2.70 bits per heavy atom. The third-order valence-electron chi connectivity index (χ3n) is 3.41. The number of alkyl carbamates (subject to hydrolysis) is 1. The predicted molar refractivity (Wildman–Crippen MR) is 83.6 cm³/mol. The van der Waals surface area contributed by atoms with Crippen molar-refractivity contribution in [1.82, 2.24) is 15.3 Å². The topological polar surface area (TPSA) is 105 Å². The number of aromatic nitrogens is 2. The first kappa shape index (κ1) is 17.0. The molecule has 2 N–H and O–H groups in total. The van der Waals surface area contributed by atoms with Crippen molar-refractivity contribution in [3.63, 3.8) is 0 Å². The summed E-state index contributed by atoms with van der Waals surface area (Å²) in [4.78, 5) is 32.6. The molecule has 0 aromatic carbocycles. The van der Waals surface area contributed by atoms with Crippen molar-refractivity contribution < 1.29 is 19.4 Å². The average molecular weight is 322 g/mol. The number of nitrogens with one attached hydrogen (secondary N) is 1. The fourth-order valence-electron chi connectivity index (χ4n) is 2.44. The van der Waals surface area contributed by atoms with Gasteiger partial charge in [0.15, 0.2) is 5.69 Å². The molecule has 1 atom stereocenters. The van der Waals surface area contributed by atoms with Crippen LogP contribution in [0.3, 0.4) is 0 Å². The lowest BCUT2D eigenvalue weighted by Gasteiger charge is -2.26. The first-order valence-corrected chi connectivity index (χ1v) is 7.55. The summed E-state index contributed by atoms with van der Waals surface area (Å²) in [5.41, 5.74) is -0.617. The molecule has 23 heavy (non-hydrogen) atoms. The summed E-state index contributed by atoms with van der Waals surface area (Å²) in [7, 11) is 0. The van der Waals surface area contributed by atoms with Crippen molar-refractivity contribution in [1.29, 1.82) is 0 Å². The zero-order valence-electron chi connectivity index (χ0n) is 13.6. The van der Waals surface area contributed by atoms with Crippen LogP contribution >= 0.6 is 0 Å². The minimum atomic E-state index is -1.10. The Morgan fingerprint density at radius 1 is 1.39 bits per heavy atom. The summed E-state index contributed by atoms with van der Waals surface area (Å²) in [5.74, 6) is -0.489. The van der Waals surface area contributed by atoms with Crippen molar-refractivity contribution in [2.24, 2.45) is 0 Å². The Bertz CT molecular complexity index is 568. The number of amides is 1. The summed E-state index contributed by atoms with van der Waals surface area (Å²) < 4.78 is 5.22. The van der Waals surface area contributed by atoms with Gasteiger partial charge in [0.1, 0.15) is 11.4 Å². The van der Waals surface area contributed by atoms with Crippen LogP contribution in [0.2, 0.25) is 0 Å². The maximum absolute atomic E-state index is 11.7. The number of carboxylic acids is 1. The molecule has 0 spiro atoms. The first-order valence-electron chi connectivity index (χ1n) is 7.55. The third-order valence-corrected chi connectivity index (χ3v) is 3.41. The normalized spacial score (nSPS) is 17.9.